The molecule has 1 atom stereocenters. The first kappa shape index (κ1) is 18.3. The van der Waals surface area contributed by atoms with Crippen LogP contribution in [0, 0.1) is 11.3 Å². The summed E-state index contributed by atoms with van der Waals surface area (Å²) in [5, 5.41) is 11.8. The summed E-state index contributed by atoms with van der Waals surface area (Å²) in [7, 11) is 0. The number of nitrogens with zero attached hydrogens (tertiary/aromatic N) is 2. The lowest BCUT2D eigenvalue weighted by Crippen LogP contribution is -2.54. The molecule has 24 heavy (non-hydrogen) atoms. The van der Waals surface area contributed by atoms with Gasteiger partial charge in [-0.1, -0.05) is 6.42 Å². The number of benzene rings is 1. The number of likely N-dealkylation sites (tertiary alicyclic amines) is 1. The summed E-state index contributed by atoms with van der Waals surface area (Å²) in [4.78, 5) is 14.7. The van der Waals surface area contributed by atoms with Crippen LogP contribution in [0.15, 0.2) is 24.3 Å². The van der Waals surface area contributed by atoms with Gasteiger partial charge in [0.05, 0.1) is 11.6 Å². The second kappa shape index (κ2) is 8.16. The molecule has 5 heteroatoms. The van der Waals surface area contributed by atoms with Crippen molar-refractivity contribution in [3.05, 3.63) is 29.8 Å². The largest absolute Gasteiger partial charge is 0.481 e. The van der Waals surface area contributed by atoms with E-state index in [1.165, 1.54) is 19.3 Å². The van der Waals surface area contributed by atoms with E-state index in [0.717, 1.165) is 13.1 Å². The lowest BCUT2D eigenvalue weighted by atomic mass is 9.98. The predicted molar refractivity (Wildman–Crippen MR) is 93.8 cm³/mol. The van der Waals surface area contributed by atoms with Crippen molar-refractivity contribution in [3.8, 4) is 11.8 Å². The number of hydrogen-bond donors (Lipinski definition) is 1. The second-order valence-electron chi connectivity index (χ2n) is 6.97. The van der Waals surface area contributed by atoms with Gasteiger partial charge in [0.15, 0.2) is 6.10 Å². The van der Waals surface area contributed by atoms with E-state index in [9.17, 15) is 4.79 Å². The maximum Gasteiger partial charge on any atom is 0.260 e. The summed E-state index contributed by atoms with van der Waals surface area (Å²) in [5.41, 5.74) is 0.521. The van der Waals surface area contributed by atoms with Crippen LogP contribution in [0.4, 0.5) is 0 Å². The second-order valence-corrected chi connectivity index (χ2v) is 6.97. The van der Waals surface area contributed by atoms with Gasteiger partial charge in [-0.3, -0.25) is 9.69 Å². The Bertz CT molecular complexity index is 584. The molecule has 5 nitrogen and oxygen atoms in total. The highest BCUT2D eigenvalue weighted by atomic mass is 16.5. The lowest BCUT2D eigenvalue weighted by molar-refractivity contribution is -0.127. The zero-order valence-corrected chi connectivity index (χ0v) is 14.8. The van der Waals surface area contributed by atoms with E-state index in [1.807, 2.05) is 0 Å². The van der Waals surface area contributed by atoms with Crippen LogP contribution in [-0.4, -0.2) is 42.1 Å². The first-order valence-corrected chi connectivity index (χ1v) is 8.62. The van der Waals surface area contributed by atoms with Crippen molar-refractivity contribution in [2.45, 2.75) is 51.7 Å². The third kappa shape index (κ3) is 4.97. The van der Waals surface area contributed by atoms with Crippen LogP contribution in [0.2, 0.25) is 0 Å². The quantitative estimate of drug-likeness (QED) is 0.871. The molecule has 2 rings (SSSR count). The average molecular weight is 329 g/mol. The van der Waals surface area contributed by atoms with Crippen molar-refractivity contribution in [3.63, 3.8) is 0 Å². The van der Waals surface area contributed by atoms with E-state index in [1.54, 1.807) is 31.2 Å². The molecule has 1 aromatic rings. The lowest BCUT2D eigenvalue weighted by Gasteiger charge is -2.41. The minimum Gasteiger partial charge on any atom is -0.481 e. The van der Waals surface area contributed by atoms with E-state index < -0.39 is 6.10 Å². The highest BCUT2D eigenvalue weighted by molar-refractivity contribution is 5.80. The maximum atomic E-state index is 12.3. The van der Waals surface area contributed by atoms with Gasteiger partial charge in [-0.2, -0.15) is 5.26 Å². The summed E-state index contributed by atoms with van der Waals surface area (Å²) in [6, 6.07) is 8.84. The third-order valence-corrected chi connectivity index (χ3v) is 4.57. The molecule has 1 aromatic carbocycles. The van der Waals surface area contributed by atoms with Gasteiger partial charge >= 0.3 is 0 Å². The Morgan fingerprint density at radius 2 is 1.92 bits per heavy atom. The van der Waals surface area contributed by atoms with E-state index >= 15 is 0 Å². The molecule has 0 unspecified atom stereocenters. The van der Waals surface area contributed by atoms with Crippen molar-refractivity contribution in [1.82, 2.24) is 10.2 Å². The summed E-state index contributed by atoms with van der Waals surface area (Å²) in [5.74, 6) is 0.469. The minimum atomic E-state index is -0.574. The number of ether oxygens (including phenoxy) is 1. The highest BCUT2D eigenvalue weighted by Gasteiger charge is 2.29. The van der Waals surface area contributed by atoms with Gasteiger partial charge in [-0.05, 0) is 71.0 Å². The number of nitrogens with one attached hydrogen (secondary N) is 1. The fraction of sp³-hybridized carbons (Fsp3) is 0.579. The highest BCUT2D eigenvalue weighted by Crippen LogP contribution is 2.20. The maximum absolute atomic E-state index is 12.3. The molecule has 1 N–H and O–H groups in total. The Morgan fingerprint density at radius 1 is 1.29 bits per heavy atom. The number of rotatable bonds is 6. The topological polar surface area (TPSA) is 65.4 Å². The first-order chi connectivity index (χ1) is 11.4. The molecule has 0 aliphatic carbocycles. The monoisotopic (exact) mass is 329 g/mol. The van der Waals surface area contributed by atoms with Crippen LogP contribution in [-0.2, 0) is 4.79 Å². The molecule has 1 saturated heterocycles. The summed E-state index contributed by atoms with van der Waals surface area (Å²) in [6.07, 6.45) is 3.19. The van der Waals surface area contributed by atoms with Crippen LogP contribution in [0.1, 0.15) is 45.6 Å². The number of carbonyl (C=O) groups is 1. The Morgan fingerprint density at radius 3 is 2.50 bits per heavy atom. The van der Waals surface area contributed by atoms with Gasteiger partial charge in [0.1, 0.15) is 5.75 Å². The number of nitriles is 1. The van der Waals surface area contributed by atoms with Crippen molar-refractivity contribution in [2.75, 3.05) is 19.6 Å². The fourth-order valence-corrected chi connectivity index (χ4v) is 2.92. The van der Waals surface area contributed by atoms with Crippen molar-refractivity contribution >= 4 is 5.91 Å². The number of piperidine rings is 1. The fourth-order valence-electron chi connectivity index (χ4n) is 2.92. The Balaban J connectivity index is 1.83. The van der Waals surface area contributed by atoms with Crippen LogP contribution >= 0.6 is 0 Å². The normalized spacial score (nSPS) is 16.9. The molecule has 0 bridgehead atoms. The van der Waals surface area contributed by atoms with Crippen LogP contribution in [0.5, 0.6) is 5.75 Å². The number of hydrogen-bond acceptors (Lipinski definition) is 4. The summed E-state index contributed by atoms with van der Waals surface area (Å²) < 4.78 is 5.65. The standard InChI is InChI=1S/C19H27N3O2/c1-15(24-17-9-7-16(13-20)8-10-17)18(23)21-14-19(2,3)22-11-5-4-6-12-22/h7-10,15H,4-6,11-12,14H2,1-3H3,(H,21,23)/t15-/m1/s1. The van der Waals surface area contributed by atoms with Gasteiger partial charge in [0.25, 0.3) is 5.91 Å². The van der Waals surface area contributed by atoms with E-state index in [2.05, 4.69) is 30.1 Å². The molecule has 1 amide bonds. The Hall–Kier alpha value is -2.06. The van der Waals surface area contributed by atoms with Gasteiger partial charge in [-0.15, -0.1) is 0 Å². The molecule has 130 valence electrons. The molecule has 1 fully saturated rings. The third-order valence-electron chi connectivity index (χ3n) is 4.57. The smallest absolute Gasteiger partial charge is 0.260 e. The first-order valence-electron chi connectivity index (χ1n) is 8.62. The van der Waals surface area contributed by atoms with Crippen LogP contribution in [0.25, 0.3) is 0 Å². The summed E-state index contributed by atoms with van der Waals surface area (Å²) in [6.45, 7) is 8.88. The van der Waals surface area contributed by atoms with Crippen molar-refractivity contribution in [2.24, 2.45) is 0 Å². The van der Waals surface area contributed by atoms with E-state index in [-0.39, 0.29) is 11.4 Å². The van der Waals surface area contributed by atoms with Gasteiger partial charge in [0, 0.05) is 12.1 Å². The molecule has 1 aliphatic rings. The van der Waals surface area contributed by atoms with Gasteiger partial charge < -0.3 is 10.1 Å². The molecular weight excluding hydrogens is 302 g/mol. The molecule has 0 saturated carbocycles. The zero-order valence-electron chi connectivity index (χ0n) is 14.8. The van der Waals surface area contributed by atoms with Crippen molar-refractivity contribution in [1.29, 1.82) is 5.26 Å². The molecule has 0 spiro atoms. The van der Waals surface area contributed by atoms with E-state index in [4.69, 9.17) is 10.00 Å². The number of amides is 1. The van der Waals surface area contributed by atoms with Gasteiger partial charge in [0.2, 0.25) is 0 Å². The molecule has 1 heterocycles. The van der Waals surface area contributed by atoms with Crippen LogP contribution < -0.4 is 10.1 Å². The minimum absolute atomic E-state index is 0.0513. The molecule has 0 aromatic heterocycles. The Kier molecular flexibility index (Phi) is 6.22. The molecule has 1 aliphatic heterocycles. The SMILES string of the molecule is C[C@@H](Oc1ccc(C#N)cc1)C(=O)NCC(C)(C)N1CCCCC1. The summed E-state index contributed by atoms with van der Waals surface area (Å²) >= 11 is 0. The predicted octanol–water partition coefficient (Wildman–Crippen LogP) is 2.71. The van der Waals surface area contributed by atoms with Gasteiger partial charge in [-0.25, -0.2) is 0 Å². The van der Waals surface area contributed by atoms with Crippen LogP contribution in [0.3, 0.4) is 0 Å². The molecular formula is C19H27N3O2. The molecule has 0 radical (unpaired) electrons. The Labute approximate surface area is 144 Å². The van der Waals surface area contributed by atoms with E-state index in [0.29, 0.717) is 17.9 Å². The van der Waals surface area contributed by atoms with Crippen molar-refractivity contribution < 1.29 is 9.53 Å². The zero-order chi connectivity index (χ0) is 17.6. The average Bonchev–Trinajstić information content (AvgIpc) is 2.61. The number of carbonyl (C=O) groups excluding carboxylic acids is 1.